The van der Waals surface area contributed by atoms with Gasteiger partial charge in [0.25, 0.3) is 0 Å². The molecule has 0 aliphatic heterocycles. The highest BCUT2D eigenvalue weighted by molar-refractivity contribution is 7.80. The number of hydrogen-bond acceptors (Lipinski definition) is 2. The third-order valence-corrected chi connectivity index (χ3v) is 4.47. The van der Waals surface area contributed by atoms with Gasteiger partial charge >= 0.3 is 0 Å². The van der Waals surface area contributed by atoms with Crippen molar-refractivity contribution in [2.45, 2.75) is 26.4 Å². The molecule has 6 heteroatoms. The Hall–Kier alpha value is -2.73. The largest absolute Gasteiger partial charge is 0.342 e. The van der Waals surface area contributed by atoms with E-state index in [1.807, 2.05) is 43.0 Å². The molecule has 0 aliphatic carbocycles. The minimum absolute atomic E-state index is 0.0987. The fraction of sp³-hybridized carbons (Fsp3) is 0.200. The highest BCUT2D eigenvalue weighted by Crippen LogP contribution is 2.19. The van der Waals surface area contributed by atoms with E-state index in [-0.39, 0.29) is 17.4 Å². The van der Waals surface area contributed by atoms with E-state index in [4.69, 9.17) is 12.2 Å². The molecule has 0 spiro atoms. The second-order valence-corrected chi connectivity index (χ2v) is 6.75. The molecule has 3 rings (SSSR count). The van der Waals surface area contributed by atoms with Crippen LogP contribution in [0.4, 0.5) is 10.1 Å². The molecule has 0 aliphatic rings. The van der Waals surface area contributed by atoms with Crippen LogP contribution in [0.15, 0.2) is 59.4 Å². The summed E-state index contributed by atoms with van der Waals surface area (Å²) in [5.74, 6) is -0.325. The number of rotatable bonds is 4. The quantitative estimate of drug-likeness (QED) is 0.674. The number of fused-ring (bicyclic) bond motifs is 1. The Balaban J connectivity index is 1.90. The first kappa shape index (κ1) is 18.1. The van der Waals surface area contributed by atoms with Crippen LogP contribution >= 0.6 is 12.2 Å². The van der Waals surface area contributed by atoms with Crippen molar-refractivity contribution in [2.24, 2.45) is 0 Å². The van der Waals surface area contributed by atoms with Crippen LogP contribution in [0.1, 0.15) is 19.4 Å². The first-order chi connectivity index (χ1) is 12.4. The summed E-state index contributed by atoms with van der Waals surface area (Å²) in [6.07, 6.45) is 0. The first-order valence-electron chi connectivity index (χ1n) is 8.38. The molecular formula is C20H20FN3OS. The van der Waals surface area contributed by atoms with E-state index in [1.165, 1.54) is 12.1 Å². The molecule has 1 heterocycles. The van der Waals surface area contributed by atoms with Gasteiger partial charge in [0.05, 0.1) is 0 Å². The highest BCUT2D eigenvalue weighted by atomic mass is 32.1. The monoisotopic (exact) mass is 369 g/mol. The molecule has 1 aromatic heterocycles. The zero-order valence-electron chi connectivity index (χ0n) is 14.6. The van der Waals surface area contributed by atoms with E-state index in [0.717, 1.165) is 16.5 Å². The third-order valence-electron chi connectivity index (χ3n) is 4.14. The van der Waals surface area contributed by atoms with Gasteiger partial charge in [-0.2, -0.15) is 0 Å². The van der Waals surface area contributed by atoms with E-state index in [9.17, 15) is 9.18 Å². The molecule has 4 nitrogen and oxygen atoms in total. The Bertz CT molecular complexity index is 1000. The minimum Gasteiger partial charge on any atom is -0.342 e. The number of nitrogens with one attached hydrogen (secondary N) is 2. The minimum atomic E-state index is -0.325. The lowest BCUT2D eigenvalue weighted by molar-refractivity contribution is 0.349. The molecule has 26 heavy (non-hydrogen) atoms. The van der Waals surface area contributed by atoms with Crippen LogP contribution in [0, 0.1) is 5.82 Å². The Labute approximate surface area is 156 Å². The van der Waals surface area contributed by atoms with Crippen molar-refractivity contribution in [1.82, 2.24) is 9.88 Å². The van der Waals surface area contributed by atoms with Crippen molar-refractivity contribution in [3.05, 3.63) is 76.3 Å². The van der Waals surface area contributed by atoms with Crippen LogP contribution in [0.2, 0.25) is 0 Å². The van der Waals surface area contributed by atoms with Gasteiger partial charge < -0.3 is 15.2 Å². The molecule has 0 radical (unpaired) electrons. The van der Waals surface area contributed by atoms with E-state index >= 15 is 0 Å². The summed E-state index contributed by atoms with van der Waals surface area (Å²) in [4.78, 5) is 16.8. The van der Waals surface area contributed by atoms with Crippen molar-refractivity contribution < 1.29 is 4.39 Å². The maximum absolute atomic E-state index is 13.4. The van der Waals surface area contributed by atoms with Gasteiger partial charge in [0.2, 0.25) is 5.56 Å². The molecule has 0 atom stereocenters. The molecule has 0 amide bonds. The number of aromatic nitrogens is 1. The Kier molecular flexibility index (Phi) is 5.32. The second kappa shape index (κ2) is 7.66. The van der Waals surface area contributed by atoms with E-state index in [0.29, 0.717) is 17.3 Å². The summed E-state index contributed by atoms with van der Waals surface area (Å²) in [6, 6.07) is 15.5. The van der Waals surface area contributed by atoms with Crippen molar-refractivity contribution in [3.63, 3.8) is 0 Å². The summed E-state index contributed by atoms with van der Waals surface area (Å²) < 4.78 is 13.4. The van der Waals surface area contributed by atoms with Gasteiger partial charge in [0.1, 0.15) is 5.82 Å². The number of benzene rings is 2. The normalized spacial score (nSPS) is 10.9. The van der Waals surface area contributed by atoms with Crippen LogP contribution in [0.3, 0.4) is 0 Å². The van der Waals surface area contributed by atoms with Gasteiger partial charge in [-0.05, 0) is 55.9 Å². The van der Waals surface area contributed by atoms with Crippen molar-refractivity contribution in [1.29, 1.82) is 0 Å². The Morgan fingerprint density at radius 1 is 1.19 bits per heavy atom. The molecule has 134 valence electrons. The molecule has 0 fully saturated rings. The zero-order chi connectivity index (χ0) is 18.7. The number of anilines is 1. The van der Waals surface area contributed by atoms with Crippen LogP contribution in [-0.4, -0.2) is 21.0 Å². The van der Waals surface area contributed by atoms with Crippen LogP contribution in [0.25, 0.3) is 10.9 Å². The molecule has 2 aromatic carbocycles. The summed E-state index contributed by atoms with van der Waals surface area (Å²) in [7, 11) is 0. The summed E-state index contributed by atoms with van der Waals surface area (Å²) in [5, 5.41) is 4.54. The maximum Gasteiger partial charge on any atom is 0.248 e. The topological polar surface area (TPSA) is 48.1 Å². The average Bonchev–Trinajstić information content (AvgIpc) is 2.59. The van der Waals surface area contributed by atoms with Gasteiger partial charge in [-0.1, -0.05) is 24.3 Å². The van der Waals surface area contributed by atoms with Crippen LogP contribution in [-0.2, 0) is 6.54 Å². The Morgan fingerprint density at radius 2 is 1.96 bits per heavy atom. The maximum atomic E-state index is 13.4. The number of H-pyrrole nitrogens is 1. The van der Waals surface area contributed by atoms with Gasteiger partial charge in [0.15, 0.2) is 5.11 Å². The number of halogens is 1. The first-order valence-corrected chi connectivity index (χ1v) is 8.79. The smallest absolute Gasteiger partial charge is 0.248 e. The number of para-hydroxylation sites is 1. The number of thiocarbonyl (C=S) groups is 1. The van der Waals surface area contributed by atoms with E-state index in [1.54, 1.807) is 18.2 Å². The van der Waals surface area contributed by atoms with E-state index < -0.39 is 0 Å². The summed E-state index contributed by atoms with van der Waals surface area (Å²) in [6.45, 7) is 4.52. The van der Waals surface area contributed by atoms with Crippen molar-refractivity contribution >= 4 is 33.9 Å². The summed E-state index contributed by atoms with van der Waals surface area (Å²) >= 11 is 5.54. The standard InChI is InChI=1S/C20H20FN3OS/c1-13(2)24(20(26)22-16-7-5-6-15(21)11-16)12-14-10-19(25)23-18-9-4-3-8-17(14)18/h3-11,13H,12H2,1-2H3,(H,22,26)(H,23,25). The molecule has 0 saturated heterocycles. The van der Waals surface area contributed by atoms with Crippen molar-refractivity contribution in [3.8, 4) is 0 Å². The van der Waals surface area contributed by atoms with E-state index in [2.05, 4.69) is 10.3 Å². The fourth-order valence-corrected chi connectivity index (χ4v) is 3.23. The van der Waals surface area contributed by atoms with Crippen LogP contribution in [0.5, 0.6) is 0 Å². The van der Waals surface area contributed by atoms with Gasteiger partial charge in [-0.15, -0.1) is 0 Å². The average molecular weight is 369 g/mol. The molecule has 0 unspecified atom stereocenters. The predicted molar refractivity (Wildman–Crippen MR) is 108 cm³/mol. The zero-order valence-corrected chi connectivity index (χ0v) is 15.4. The van der Waals surface area contributed by atoms with Crippen LogP contribution < -0.4 is 10.9 Å². The number of nitrogens with zero attached hydrogens (tertiary/aromatic N) is 1. The molecule has 3 aromatic rings. The van der Waals surface area contributed by atoms with Gasteiger partial charge in [-0.3, -0.25) is 4.79 Å². The molecule has 0 bridgehead atoms. The second-order valence-electron chi connectivity index (χ2n) is 6.37. The highest BCUT2D eigenvalue weighted by Gasteiger charge is 2.16. The fourth-order valence-electron chi connectivity index (χ4n) is 2.84. The lowest BCUT2D eigenvalue weighted by Crippen LogP contribution is -2.39. The molecular weight excluding hydrogens is 349 g/mol. The number of pyridine rings is 1. The summed E-state index contributed by atoms with van der Waals surface area (Å²) in [5.41, 5.74) is 2.13. The Morgan fingerprint density at radius 3 is 2.69 bits per heavy atom. The van der Waals surface area contributed by atoms with Gasteiger partial charge in [0, 0.05) is 35.2 Å². The molecule has 2 N–H and O–H groups in total. The number of hydrogen-bond donors (Lipinski definition) is 2. The SMILES string of the molecule is CC(C)N(Cc1cc(=O)[nH]c2ccccc12)C(=S)Nc1cccc(F)c1. The third kappa shape index (κ3) is 4.08. The lowest BCUT2D eigenvalue weighted by Gasteiger charge is -2.30. The van der Waals surface area contributed by atoms with Crippen molar-refractivity contribution in [2.75, 3.05) is 5.32 Å². The predicted octanol–water partition coefficient (Wildman–Crippen LogP) is 4.27. The number of aromatic amines is 1. The lowest BCUT2D eigenvalue weighted by atomic mass is 10.1. The molecule has 0 saturated carbocycles. The van der Waals surface area contributed by atoms with Gasteiger partial charge in [-0.25, -0.2) is 4.39 Å².